The van der Waals surface area contributed by atoms with Crippen molar-refractivity contribution in [2.24, 2.45) is 0 Å². The van der Waals surface area contributed by atoms with Crippen LogP contribution in [0.15, 0.2) is 17.2 Å². The first kappa shape index (κ1) is 9.80. The molecule has 1 aliphatic rings. The SMILES string of the molecule is CC1=C(C)CC(c2[pH][c]c(C)c2C)=C1. The van der Waals surface area contributed by atoms with E-state index < -0.39 is 0 Å². The van der Waals surface area contributed by atoms with E-state index in [-0.39, 0.29) is 0 Å². The van der Waals surface area contributed by atoms with Gasteiger partial charge in [-0.2, -0.15) is 0 Å². The summed E-state index contributed by atoms with van der Waals surface area (Å²) in [6, 6.07) is 0. The minimum absolute atomic E-state index is 0.771. The molecule has 1 heteroatoms. The predicted molar refractivity (Wildman–Crippen MR) is 65.2 cm³/mol. The lowest BCUT2D eigenvalue weighted by atomic mass is 10.1. The maximum atomic E-state index is 3.44. The van der Waals surface area contributed by atoms with Gasteiger partial charge >= 0.3 is 0 Å². The molecule has 0 saturated heterocycles. The van der Waals surface area contributed by atoms with Crippen LogP contribution in [-0.4, -0.2) is 0 Å². The summed E-state index contributed by atoms with van der Waals surface area (Å²) in [6.07, 6.45) is 3.50. The van der Waals surface area contributed by atoms with Crippen LogP contribution in [0.5, 0.6) is 0 Å². The summed E-state index contributed by atoms with van der Waals surface area (Å²) in [5, 5.41) is 1.54. The molecule has 0 spiro atoms. The van der Waals surface area contributed by atoms with Crippen molar-refractivity contribution >= 4 is 13.8 Å². The fourth-order valence-electron chi connectivity index (χ4n) is 1.87. The maximum absolute atomic E-state index is 3.44. The first-order chi connectivity index (χ1) is 6.59. The summed E-state index contributed by atoms with van der Waals surface area (Å²) in [5.74, 6) is 3.44. The largest absolute Gasteiger partial charge is 0.123 e. The second kappa shape index (κ2) is 3.44. The summed E-state index contributed by atoms with van der Waals surface area (Å²) < 4.78 is 0. The van der Waals surface area contributed by atoms with E-state index in [0.29, 0.717) is 0 Å². The molecule has 1 heterocycles. The average Bonchev–Trinajstić information content (AvgIpc) is 2.61. The highest BCUT2D eigenvalue weighted by atomic mass is 31.0. The molecule has 0 amide bonds. The van der Waals surface area contributed by atoms with E-state index in [1.807, 2.05) is 0 Å². The molecule has 73 valence electrons. The number of hydrogen-bond acceptors (Lipinski definition) is 0. The Bertz CT molecular complexity index is 430. The van der Waals surface area contributed by atoms with Gasteiger partial charge in [-0.3, -0.25) is 0 Å². The van der Waals surface area contributed by atoms with Crippen molar-refractivity contribution in [1.29, 1.82) is 0 Å². The molecule has 0 fully saturated rings. The fraction of sp³-hybridized carbons (Fsp3) is 0.385. The van der Waals surface area contributed by atoms with Crippen LogP contribution in [0.3, 0.4) is 0 Å². The first-order valence-electron chi connectivity index (χ1n) is 5.03. The lowest BCUT2D eigenvalue weighted by molar-refractivity contribution is 1.23. The van der Waals surface area contributed by atoms with E-state index in [0.717, 1.165) is 14.6 Å². The molecule has 0 aromatic carbocycles. The molecule has 2 rings (SSSR count). The van der Waals surface area contributed by atoms with Gasteiger partial charge in [0.15, 0.2) is 0 Å². The quantitative estimate of drug-likeness (QED) is 0.639. The zero-order valence-electron chi connectivity index (χ0n) is 9.28. The molecule has 0 N–H and O–H groups in total. The Hall–Kier alpha value is -0.740. The van der Waals surface area contributed by atoms with Crippen LogP contribution in [0, 0.1) is 19.6 Å². The summed E-state index contributed by atoms with van der Waals surface area (Å²) >= 11 is 0. The van der Waals surface area contributed by atoms with Gasteiger partial charge < -0.3 is 0 Å². The lowest BCUT2D eigenvalue weighted by Gasteiger charge is -2.02. The Morgan fingerprint density at radius 1 is 1.21 bits per heavy atom. The first-order valence-corrected chi connectivity index (χ1v) is 6.03. The third kappa shape index (κ3) is 1.48. The predicted octanol–water partition coefficient (Wildman–Crippen LogP) is 4.26. The van der Waals surface area contributed by atoms with Crippen LogP contribution in [0.4, 0.5) is 0 Å². The Morgan fingerprint density at radius 3 is 2.36 bits per heavy atom. The van der Waals surface area contributed by atoms with Crippen LogP contribution in [-0.2, 0) is 0 Å². The Labute approximate surface area is 87.8 Å². The second-order valence-electron chi connectivity index (χ2n) is 4.18. The molecular formula is C13H16P. The minimum atomic E-state index is 0.771. The van der Waals surface area contributed by atoms with Gasteiger partial charge in [0.05, 0.1) is 0 Å². The van der Waals surface area contributed by atoms with Gasteiger partial charge in [-0.25, -0.2) is 0 Å². The molecule has 1 radical (unpaired) electrons. The fourth-order valence-corrected chi connectivity index (χ4v) is 3.07. The van der Waals surface area contributed by atoms with Gasteiger partial charge in [-0.15, -0.1) is 8.19 Å². The van der Waals surface area contributed by atoms with Gasteiger partial charge in [0.25, 0.3) is 0 Å². The van der Waals surface area contributed by atoms with E-state index >= 15 is 0 Å². The minimum Gasteiger partial charge on any atom is -0.123 e. The molecule has 1 aromatic rings. The zero-order chi connectivity index (χ0) is 10.3. The van der Waals surface area contributed by atoms with Crippen molar-refractivity contribution in [1.82, 2.24) is 0 Å². The average molecular weight is 203 g/mol. The molecule has 1 atom stereocenters. The highest BCUT2D eigenvalue weighted by Gasteiger charge is 2.14. The molecule has 1 aromatic heterocycles. The third-order valence-electron chi connectivity index (χ3n) is 3.15. The highest BCUT2D eigenvalue weighted by molar-refractivity contribution is 7.31. The van der Waals surface area contributed by atoms with Gasteiger partial charge in [0.1, 0.15) is 0 Å². The lowest BCUT2D eigenvalue weighted by Crippen LogP contribution is -1.81. The van der Waals surface area contributed by atoms with E-state index in [4.69, 9.17) is 0 Å². The van der Waals surface area contributed by atoms with E-state index in [1.165, 1.54) is 27.8 Å². The number of hydrogen-bond donors (Lipinski definition) is 0. The standard InChI is InChI=1S/C13H16P/c1-8-5-12(6-9(8)2)13-11(4)10(3)7-14-13/h5,14H,6H2,1-4H3. The Morgan fingerprint density at radius 2 is 1.93 bits per heavy atom. The highest BCUT2D eigenvalue weighted by Crippen LogP contribution is 2.39. The zero-order valence-corrected chi connectivity index (χ0v) is 10.3. The molecule has 0 saturated carbocycles. The number of aryl methyl sites for hydroxylation is 1. The second-order valence-corrected chi connectivity index (χ2v) is 5.18. The van der Waals surface area contributed by atoms with E-state index in [1.54, 1.807) is 5.30 Å². The molecule has 1 aliphatic carbocycles. The molecule has 0 bridgehead atoms. The summed E-state index contributed by atoms with van der Waals surface area (Å²) in [4.78, 5) is 0. The van der Waals surface area contributed by atoms with Crippen LogP contribution < -0.4 is 0 Å². The summed E-state index contributed by atoms with van der Waals surface area (Å²) in [6.45, 7) is 8.83. The van der Waals surface area contributed by atoms with Crippen LogP contribution in [0.25, 0.3) is 5.57 Å². The normalized spacial score (nSPS) is 17.0. The van der Waals surface area contributed by atoms with Gasteiger partial charge in [0, 0.05) is 5.80 Å². The smallest absolute Gasteiger partial charge is 0.00598 e. The van der Waals surface area contributed by atoms with Crippen molar-refractivity contribution in [2.75, 3.05) is 0 Å². The van der Waals surface area contributed by atoms with Gasteiger partial charge in [-0.05, 0) is 56.1 Å². The molecule has 0 aliphatic heterocycles. The molecule has 0 nitrogen and oxygen atoms in total. The van der Waals surface area contributed by atoms with Crippen LogP contribution in [0.2, 0.25) is 0 Å². The molecule has 14 heavy (non-hydrogen) atoms. The Kier molecular flexibility index (Phi) is 2.41. The monoisotopic (exact) mass is 203 g/mol. The maximum Gasteiger partial charge on any atom is 0.00598 e. The summed E-state index contributed by atoms with van der Waals surface area (Å²) in [7, 11) is 0.771. The summed E-state index contributed by atoms with van der Waals surface area (Å²) in [5.41, 5.74) is 7.31. The molecular weight excluding hydrogens is 187 g/mol. The Balaban J connectivity index is 2.37. The number of rotatable bonds is 1. The number of allylic oxidation sites excluding steroid dienone is 4. The van der Waals surface area contributed by atoms with E-state index in [2.05, 4.69) is 39.6 Å². The van der Waals surface area contributed by atoms with E-state index in [9.17, 15) is 0 Å². The van der Waals surface area contributed by atoms with Crippen molar-refractivity contribution in [2.45, 2.75) is 34.1 Å². The van der Waals surface area contributed by atoms with Crippen LogP contribution >= 0.6 is 8.19 Å². The van der Waals surface area contributed by atoms with Crippen molar-refractivity contribution < 1.29 is 0 Å². The van der Waals surface area contributed by atoms with Crippen molar-refractivity contribution in [3.63, 3.8) is 0 Å². The van der Waals surface area contributed by atoms with Crippen LogP contribution in [0.1, 0.15) is 36.7 Å². The van der Waals surface area contributed by atoms with Crippen molar-refractivity contribution in [3.8, 4) is 0 Å². The van der Waals surface area contributed by atoms with Gasteiger partial charge in [0.2, 0.25) is 0 Å². The van der Waals surface area contributed by atoms with Gasteiger partial charge in [-0.1, -0.05) is 17.2 Å². The topological polar surface area (TPSA) is 0 Å². The third-order valence-corrected chi connectivity index (χ3v) is 4.60. The van der Waals surface area contributed by atoms with Crippen molar-refractivity contribution in [3.05, 3.63) is 39.4 Å². The molecule has 1 unspecified atom stereocenters.